The lowest BCUT2D eigenvalue weighted by Gasteiger charge is -2.28. The molecule has 0 unspecified atom stereocenters. The summed E-state index contributed by atoms with van der Waals surface area (Å²) in [5.41, 5.74) is 2.95. The topological polar surface area (TPSA) is 113 Å². The third kappa shape index (κ3) is 5.59. The molecule has 0 aliphatic carbocycles. The number of hydrogen-bond donors (Lipinski definition) is 1. The molecule has 0 bridgehead atoms. The number of aliphatic carboxylic acids is 1. The van der Waals surface area contributed by atoms with Gasteiger partial charge < -0.3 is 14.3 Å². The Kier molecular flexibility index (Phi) is 7.50. The maximum Gasteiger partial charge on any atom is 0.318 e. The number of fused-ring (bicyclic) bond motifs is 1. The van der Waals surface area contributed by atoms with Crippen LogP contribution in [0.4, 0.5) is 5.69 Å². The molecule has 198 valence electrons. The fraction of sp³-hybridized carbons (Fsp3) is 0.259. The number of ether oxygens (including phenoxy) is 1. The van der Waals surface area contributed by atoms with Gasteiger partial charge >= 0.3 is 16.2 Å². The summed E-state index contributed by atoms with van der Waals surface area (Å²) < 4.78 is 41.0. The SMILES string of the molecule is Cc1oc(-c2cccs2)nc1CCOc1cccc(CN(CC(=O)O)S(=O)(=O)N2CCc3ccccc32)c1. The zero-order chi connectivity index (χ0) is 26.7. The van der Waals surface area contributed by atoms with Crippen LogP contribution in [-0.4, -0.2) is 48.5 Å². The van der Waals surface area contributed by atoms with Gasteiger partial charge in [0.2, 0.25) is 5.89 Å². The molecular weight excluding hydrogens is 526 g/mol. The third-order valence-electron chi connectivity index (χ3n) is 6.25. The van der Waals surface area contributed by atoms with Gasteiger partial charge in [-0.25, -0.2) is 4.98 Å². The van der Waals surface area contributed by atoms with Crippen molar-refractivity contribution in [1.82, 2.24) is 9.29 Å². The molecule has 0 saturated carbocycles. The molecule has 38 heavy (non-hydrogen) atoms. The first-order valence-corrected chi connectivity index (χ1v) is 14.4. The van der Waals surface area contributed by atoms with Crippen LogP contribution >= 0.6 is 11.3 Å². The zero-order valence-corrected chi connectivity index (χ0v) is 22.4. The van der Waals surface area contributed by atoms with Crippen molar-refractivity contribution < 1.29 is 27.5 Å². The first-order chi connectivity index (χ1) is 18.3. The lowest BCUT2D eigenvalue weighted by atomic mass is 10.2. The third-order valence-corrected chi connectivity index (χ3v) is 8.96. The van der Waals surface area contributed by atoms with E-state index in [9.17, 15) is 18.3 Å². The van der Waals surface area contributed by atoms with E-state index in [4.69, 9.17) is 9.15 Å². The molecule has 0 saturated heterocycles. The van der Waals surface area contributed by atoms with Crippen LogP contribution < -0.4 is 9.04 Å². The van der Waals surface area contributed by atoms with Crippen LogP contribution in [0, 0.1) is 6.92 Å². The standard InChI is InChI=1S/C27H27N3O6S2/c1-19-23(28-27(36-19)25-10-5-15-37-25)12-14-35-22-8-4-6-20(16-22)17-29(18-26(31)32)38(33,34)30-13-11-21-7-2-3-9-24(21)30/h2-10,15-16H,11-14,17-18H2,1H3,(H,31,32). The lowest BCUT2D eigenvalue weighted by molar-refractivity contribution is -0.137. The minimum atomic E-state index is -4.07. The van der Waals surface area contributed by atoms with Crippen LogP contribution in [0.2, 0.25) is 0 Å². The molecule has 2 aromatic carbocycles. The van der Waals surface area contributed by atoms with Gasteiger partial charge in [0.25, 0.3) is 0 Å². The van der Waals surface area contributed by atoms with Crippen LogP contribution in [0.3, 0.4) is 0 Å². The van der Waals surface area contributed by atoms with E-state index < -0.39 is 22.7 Å². The second-order valence-corrected chi connectivity index (χ2v) is 11.7. The van der Waals surface area contributed by atoms with Gasteiger partial charge in [-0.2, -0.15) is 12.7 Å². The van der Waals surface area contributed by atoms with Crippen molar-refractivity contribution in [2.24, 2.45) is 0 Å². The first-order valence-electron chi connectivity index (χ1n) is 12.1. The number of nitrogens with zero attached hydrogens (tertiary/aromatic N) is 3. The number of carboxylic acid groups (broad SMARTS) is 1. The van der Waals surface area contributed by atoms with E-state index in [0.717, 1.165) is 26.2 Å². The highest BCUT2D eigenvalue weighted by atomic mass is 32.2. The summed E-state index contributed by atoms with van der Waals surface area (Å²) in [6.45, 7) is 1.75. The van der Waals surface area contributed by atoms with E-state index >= 15 is 0 Å². The number of anilines is 1. The Labute approximate surface area is 225 Å². The molecule has 5 rings (SSSR count). The minimum Gasteiger partial charge on any atom is -0.493 e. The van der Waals surface area contributed by atoms with Crippen molar-refractivity contribution in [3.63, 3.8) is 0 Å². The van der Waals surface area contributed by atoms with Crippen molar-refractivity contribution in [3.05, 3.63) is 88.6 Å². The molecule has 0 spiro atoms. The van der Waals surface area contributed by atoms with Crippen molar-refractivity contribution in [3.8, 4) is 16.5 Å². The predicted octanol–water partition coefficient (Wildman–Crippen LogP) is 4.53. The van der Waals surface area contributed by atoms with Crippen LogP contribution in [-0.2, 0) is 34.4 Å². The fourth-order valence-electron chi connectivity index (χ4n) is 4.43. The van der Waals surface area contributed by atoms with Crippen molar-refractivity contribution in [2.45, 2.75) is 26.3 Å². The second kappa shape index (κ2) is 11.0. The number of carbonyl (C=O) groups is 1. The van der Waals surface area contributed by atoms with Crippen molar-refractivity contribution >= 4 is 33.2 Å². The number of carboxylic acids is 1. The number of thiophene rings is 1. The molecule has 9 nitrogen and oxygen atoms in total. The molecule has 0 atom stereocenters. The summed E-state index contributed by atoms with van der Waals surface area (Å²) in [5.74, 6) is 0.665. The van der Waals surface area contributed by atoms with Crippen LogP contribution in [0.1, 0.15) is 22.6 Å². The maximum absolute atomic E-state index is 13.5. The summed E-state index contributed by atoms with van der Waals surface area (Å²) >= 11 is 1.56. The van der Waals surface area contributed by atoms with Gasteiger partial charge in [0.05, 0.1) is 22.9 Å². The largest absolute Gasteiger partial charge is 0.493 e. The number of aromatic nitrogens is 1. The minimum absolute atomic E-state index is 0.100. The molecule has 11 heteroatoms. The highest BCUT2D eigenvalue weighted by Crippen LogP contribution is 2.32. The Morgan fingerprint density at radius 2 is 2.03 bits per heavy atom. The molecule has 4 aromatic rings. The van der Waals surface area contributed by atoms with Crippen molar-refractivity contribution in [2.75, 3.05) is 24.0 Å². The second-order valence-electron chi connectivity index (χ2n) is 8.87. The van der Waals surface area contributed by atoms with Gasteiger partial charge in [-0.15, -0.1) is 11.3 Å². The summed E-state index contributed by atoms with van der Waals surface area (Å²) in [6, 6.07) is 18.2. The summed E-state index contributed by atoms with van der Waals surface area (Å²) in [6.07, 6.45) is 1.12. The molecule has 1 aliphatic rings. The number of hydrogen-bond acceptors (Lipinski definition) is 7. The van der Waals surface area contributed by atoms with Crippen LogP contribution in [0.15, 0.2) is 70.5 Å². The van der Waals surface area contributed by atoms with E-state index in [0.29, 0.717) is 42.3 Å². The maximum atomic E-state index is 13.5. The van der Waals surface area contributed by atoms with E-state index in [1.165, 1.54) is 4.31 Å². The normalized spacial score (nSPS) is 13.2. The van der Waals surface area contributed by atoms with Gasteiger partial charge in [-0.05, 0) is 54.1 Å². The van der Waals surface area contributed by atoms with Crippen LogP contribution in [0.5, 0.6) is 5.75 Å². The molecule has 1 N–H and O–H groups in total. The highest BCUT2D eigenvalue weighted by molar-refractivity contribution is 7.90. The summed E-state index contributed by atoms with van der Waals surface area (Å²) in [5, 5.41) is 11.4. The molecular formula is C27H27N3O6S2. The Hall–Kier alpha value is -3.67. The van der Waals surface area contributed by atoms with Gasteiger partial charge in [0, 0.05) is 19.5 Å². The number of aryl methyl sites for hydroxylation is 1. The highest BCUT2D eigenvalue weighted by Gasteiger charge is 2.35. The quantitative estimate of drug-likeness (QED) is 0.290. The smallest absolute Gasteiger partial charge is 0.318 e. The Balaban J connectivity index is 1.27. The molecule has 0 radical (unpaired) electrons. The number of para-hydroxylation sites is 1. The number of benzene rings is 2. The van der Waals surface area contributed by atoms with Gasteiger partial charge in [0.1, 0.15) is 18.1 Å². The lowest BCUT2D eigenvalue weighted by Crippen LogP contribution is -2.45. The van der Waals surface area contributed by atoms with Crippen molar-refractivity contribution in [1.29, 1.82) is 0 Å². The Bertz CT molecular complexity index is 1530. The predicted molar refractivity (Wildman–Crippen MR) is 145 cm³/mol. The Morgan fingerprint density at radius 3 is 2.82 bits per heavy atom. The summed E-state index contributed by atoms with van der Waals surface area (Å²) in [7, 11) is -4.07. The Morgan fingerprint density at radius 1 is 1.18 bits per heavy atom. The van der Waals surface area contributed by atoms with E-state index in [1.807, 2.05) is 36.6 Å². The number of rotatable bonds is 11. The fourth-order valence-corrected chi connectivity index (χ4v) is 6.69. The zero-order valence-electron chi connectivity index (χ0n) is 20.7. The van der Waals surface area contributed by atoms with E-state index in [-0.39, 0.29) is 13.1 Å². The first kappa shape index (κ1) is 26.0. The van der Waals surface area contributed by atoms with Gasteiger partial charge in [0.15, 0.2) is 0 Å². The van der Waals surface area contributed by atoms with Crippen LogP contribution in [0.25, 0.3) is 10.8 Å². The summed E-state index contributed by atoms with van der Waals surface area (Å²) in [4.78, 5) is 17.1. The average Bonchev–Trinajstić information content (AvgIpc) is 3.64. The molecule has 1 aliphatic heterocycles. The monoisotopic (exact) mass is 553 g/mol. The van der Waals surface area contributed by atoms with E-state index in [2.05, 4.69) is 4.98 Å². The van der Waals surface area contributed by atoms with Gasteiger partial charge in [-0.3, -0.25) is 9.10 Å². The molecule has 2 aromatic heterocycles. The van der Waals surface area contributed by atoms with E-state index in [1.54, 1.807) is 47.7 Å². The average molecular weight is 554 g/mol. The molecule has 3 heterocycles. The molecule has 0 amide bonds. The number of oxazole rings is 1. The molecule has 0 fully saturated rings. The van der Waals surface area contributed by atoms with Gasteiger partial charge in [-0.1, -0.05) is 36.4 Å².